The third-order valence-corrected chi connectivity index (χ3v) is 4.30. The number of benzene rings is 3. The van der Waals surface area contributed by atoms with E-state index in [0.717, 1.165) is 24.0 Å². The van der Waals surface area contributed by atoms with Gasteiger partial charge in [-0.25, -0.2) is 0 Å². The number of aromatic hydroxyl groups is 1. The van der Waals surface area contributed by atoms with E-state index in [1.54, 1.807) is 6.07 Å². The minimum atomic E-state index is 0.394. The van der Waals surface area contributed by atoms with Gasteiger partial charge in [0.1, 0.15) is 5.75 Å². The molecule has 0 fully saturated rings. The maximum atomic E-state index is 10.2. The van der Waals surface area contributed by atoms with Crippen LogP contribution >= 0.6 is 0 Å². The summed E-state index contributed by atoms with van der Waals surface area (Å²) in [6, 6.07) is 23.1. The summed E-state index contributed by atoms with van der Waals surface area (Å²) < 4.78 is 0. The van der Waals surface area contributed by atoms with Crippen LogP contribution < -0.4 is 0 Å². The van der Waals surface area contributed by atoms with E-state index < -0.39 is 0 Å². The standard InChI is InChI=1S/C20H16O/c21-20-3-1-2-18-17-11-9-16(10-12-17)15-7-4-14(5-8-15)6-13-19(18)20/h1-5,7-12,21H,6,13H2. The van der Waals surface area contributed by atoms with Gasteiger partial charge in [-0.1, -0.05) is 60.7 Å². The lowest BCUT2D eigenvalue weighted by atomic mass is 9.91. The molecule has 1 N–H and O–H groups in total. The van der Waals surface area contributed by atoms with Crippen LogP contribution in [-0.2, 0) is 12.8 Å². The highest BCUT2D eigenvalue weighted by Gasteiger charge is 2.11. The molecular weight excluding hydrogens is 256 g/mol. The van der Waals surface area contributed by atoms with E-state index in [1.165, 1.54) is 22.3 Å². The second-order valence-electron chi connectivity index (χ2n) is 5.58. The van der Waals surface area contributed by atoms with Gasteiger partial charge in [-0.3, -0.25) is 0 Å². The van der Waals surface area contributed by atoms with Crippen molar-refractivity contribution in [3.8, 4) is 28.0 Å². The molecule has 3 aromatic carbocycles. The van der Waals surface area contributed by atoms with Gasteiger partial charge in [-0.05, 0) is 46.7 Å². The van der Waals surface area contributed by atoms with Gasteiger partial charge >= 0.3 is 0 Å². The fraction of sp³-hybridized carbons (Fsp3) is 0.100. The van der Waals surface area contributed by atoms with Crippen LogP contribution in [0, 0.1) is 0 Å². The van der Waals surface area contributed by atoms with Crippen LogP contribution in [0.1, 0.15) is 11.1 Å². The molecule has 0 saturated heterocycles. The highest BCUT2D eigenvalue weighted by Crippen LogP contribution is 2.33. The zero-order valence-electron chi connectivity index (χ0n) is 11.7. The molecule has 1 heteroatoms. The Kier molecular flexibility index (Phi) is 2.78. The summed E-state index contributed by atoms with van der Waals surface area (Å²) in [4.78, 5) is 0. The van der Waals surface area contributed by atoms with E-state index in [0.29, 0.717) is 5.75 Å². The smallest absolute Gasteiger partial charge is 0.119 e. The fourth-order valence-corrected chi connectivity index (χ4v) is 3.08. The largest absolute Gasteiger partial charge is 0.508 e. The van der Waals surface area contributed by atoms with Gasteiger partial charge in [-0.15, -0.1) is 0 Å². The third-order valence-electron chi connectivity index (χ3n) is 4.30. The van der Waals surface area contributed by atoms with Crippen LogP contribution in [0.4, 0.5) is 0 Å². The van der Waals surface area contributed by atoms with Crippen molar-refractivity contribution in [2.75, 3.05) is 0 Å². The molecule has 102 valence electrons. The average Bonchev–Trinajstić information content (AvgIpc) is 2.53. The van der Waals surface area contributed by atoms with E-state index in [9.17, 15) is 5.11 Å². The van der Waals surface area contributed by atoms with E-state index in [1.807, 2.05) is 6.07 Å². The summed E-state index contributed by atoms with van der Waals surface area (Å²) >= 11 is 0. The number of rotatable bonds is 0. The van der Waals surface area contributed by atoms with E-state index >= 15 is 0 Å². The first kappa shape index (κ1) is 12.2. The van der Waals surface area contributed by atoms with Crippen LogP contribution in [0.5, 0.6) is 5.75 Å². The molecule has 0 heterocycles. The molecule has 0 radical (unpaired) electrons. The van der Waals surface area contributed by atoms with Crippen molar-refractivity contribution in [3.63, 3.8) is 0 Å². The van der Waals surface area contributed by atoms with Crippen LogP contribution in [0.3, 0.4) is 0 Å². The second kappa shape index (κ2) is 4.78. The molecule has 4 aliphatic rings. The van der Waals surface area contributed by atoms with Crippen LogP contribution in [0.2, 0.25) is 0 Å². The number of hydrogen-bond acceptors (Lipinski definition) is 1. The van der Waals surface area contributed by atoms with Gasteiger partial charge < -0.3 is 5.11 Å². The number of aryl methyl sites for hydroxylation is 1. The summed E-state index contributed by atoms with van der Waals surface area (Å²) in [7, 11) is 0. The first-order chi connectivity index (χ1) is 10.3. The van der Waals surface area contributed by atoms with Gasteiger partial charge in [0.25, 0.3) is 0 Å². The van der Waals surface area contributed by atoms with Crippen LogP contribution in [0.25, 0.3) is 22.3 Å². The molecule has 0 aliphatic heterocycles. The van der Waals surface area contributed by atoms with Crippen molar-refractivity contribution in [2.24, 2.45) is 0 Å². The Morgan fingerprint density at radius 3 is 1.95 bits per heavy atom. The predicted molar refractivity (Wildman–Crippen MR) is 86.4 cm³/mol. The van der Waals surface area contributed by atoms with Gasteiger partial charge in [0.15, 0.2) is 0 Å². The molecule has 0 atom stereocenters. The summed E-state index contributed by atoms with van der Waals surface area (Å²) in [6.07, 6.45) is 1.80. The monoisotopic (exact) mass is 272 g/mol. The molecule has 1 nitrogen and oxygen atoms in total. The molecule has 0 spiro atoms. The maximum absolute atomic E-state index is 10.2. The minimum absolute atomic E-state index is 0.394. The molecule has 0 saturated carbocycles. The second-order valence-corrected chi connectivity index (χ2v) is 5.58. The lowest BCUT2D eigenvalue weighted by molar-refractivity contribution is 0.468. The normalized spacial score (nSPS) is 12.6. The van der Waals surface area contributed by atoms with E-state index in [4.69, 9.17) is 0 Å². The predicted octanol–water partition coefficient (Wildman–Crippen LogP) is 4.82. The Hall–Kier alpha value is -2.54. The Bertz CT molecular complexity index is 783. The number of phenolic OH excluding ortho intramolecular Hbond substituents is 1. The van der Waals surface area contributed by atoms with Crippen molar-refractivity contribution in [1.82, 2.24) is 0 Å². The van der Waals surface area contributed by atoms with Crippen molar-refractivity contribution in [3.05, 3.63) is 77.9 Å². The molecule has 0 unspecified atom stereocenters. The Morgan fingerprint density at radius 1 is 0.619 bits per heavy atom. The van der Waals surface area contributed by atoms with Gasteiger partial charge in [-0.2, -0.15) is 0 Å². The molecule has 4 bridgehead atoms. The zero-order chi connectivity index (χ0) is 14.2. The van der Waals surface area contributed by atoms with Crippen LogP contribution in [-0.4, -0.2) is 5.11 Å². The Morgan fingerprint density at radius 2 is 1.24 bits per heavy atom. The number of hydrogen-bond donors (Lipinski definition) is 1. The van der Waals surface area contributed by atoms with Gasteiger partial charge in [0.2, 0.25) is 0 Å². The van der Waals surface area contributed by atoms with E-state index in [2.05, 4.69) is 54.6 Å². The Balaban J connectivity index is 1.98. The topological polar surface area (TPSA) is 20.2 Å². The summed E-state index contributed by atoms with van der Waals surface area (Å²) in [5.74, 6) is 0.394. The summed E-state index contributed by atoms with van der Waals surface area (Å²) in [5, 5.41) is 10.2. The summed E-state index contributed by atoms with van der Waals surface area (Å²) in [6.45, 7) is 0. The highest BCUT2D eigenvalue weighted by molar-refractivity contribution is 5.74. The third kappa shape index (κ3) is 2.11. The molecule has 3 aromatic rings. The van der Waals surface area contributed by atoms with Crippen molar-refractivity contribution < 1.29 is 5.11 Å². The highest BCUT2D eigenvalue weighted by atomic mass is 16.3. The fourth-order valence-electron chi connectivity index (χ4n) is 3.08. The summed E-state index contributed by atoms with van der Waals surface area (Å²) in [5.41, 5.74) is 7.13. The van der Waals surface area contributed by atoms with Crippen LogP contribution in [0.15, 0.2) is 66.7 Å². The Labute approximate surface area is 124 Å². The molecule has 4 aliphatic carbocycles. The van der Waals surface area contributed by atoms with Gasteiger partial charge in [0, 0.05) is 5.56 Å². The van der Waals surface area contributed by atoms with Crippen molar-refractivity contribution >= 4 is 0 Å². The average molecular weight is 272 g/mol. The zero-order valence-corrected chi connectivity index (χ0v) is 11.7. The quantitative estimate of drug-likeness (QED) is 0.621. The van der Waals surface area contributed by atoms with E-state index in [-0.39, 0.29) is 0 Å². The molecular formula is C20H16O. The first-order valence-corrected chi connectivity index (χ1v) is 7.32. The molecule has 7 rings (SSSR count). The molecule has 0 amide bonds. The SMILES string of the molecule is Oc1cccc2c1CCc1ccc(cc1)-c1ccc-2cc1. The maximum Gasteiger partial charge on any atom is 0.119 e. The first-order valence-electron chi connectivity index (χ1n) is 7.32. The molecule has 21 heavy (non-hydrogen) atoms. The molecule has 0 aromatic heterocycles. The van der Waals surface area contributed by atoms with Crippen molar-refractivity contribution in [2.45, 2.75) is 12.8 Å². The van der Waals surface area contributed by atoms with Gasteiger partial charge in [0.05, 0.1) is 0 Å². The van der Waals surface area contributed by atoms with Crippen molar-refractivity contribution in [1.29, 1.82) is 0 Å². The number of phenols is 1. The lowest BCUT2D eigenvalue weighted by Crippen LogP contribution is -1.96. The lowest BCUT2D eigenvalue weighted by Gasteiger charge is -2.14. The minimum Gasteiger partial charge on any atom is -0.508 e.